The van der Waals surface area contributed by atoms with Gasteiger partial charge in [0, 0.05) is 17.1 Å². The highest BCUT2D eigenvalue weighted by molar-refractivity contribution is 7.80. The molecule has 0 aliphatic carbocycles. The van der Waals surface area contributed by atoms with Crippen LogP contribution in [0.25, 0.3) is 0 Å². The molecular weight excluding hydrogens is 261 g/mol. The smallest absolute Gasteiger partial charge is 0.123 e. The quantitative estimate of drug-likeness (QED) is 0.845. The van der Waals surface area contributed by atoms with Gasteiger partial charge in [-0.25, -0.2) is 4.39 Å². The summed E-state index contributed by atoms with van der Waals surface area (Å²) in [6, 6.07) is 7.96. The van der Waals surface area contributed by atoms with Crippen molar-refractivity contribution in [3.63, 3.8) is 0 Å². The van der Waals surface area contributed by atoms with E-state index in [0.29, 0.717) is 5.56 Å². The predicted octanol–water partition coefficient (Wildman–Crippen LogP) is 3.22. The molecule has 2 rings (SSSR count). The Labute approximate surface area is 116 Å². The largest absolute Gasteiger partial charge is 0.389 e. The third-order valence-electron chi connectivity index (χ3n) is 2.70. The maximum atomic E-state index is 12.9. The summed E-state index contributed by atoms with van der Waals surface area (Å²) in [6.45, 7) is 3.75. The van der Waals surface area contributed by atoms with E-state index in [4.69, 9.17) is 18.0 Å². The lowest BCUT2D eigenvalue weighted by molar-refractivity contribution is 0.628. The third kappa shape index (κ3) is 3.06. The zero-order valence-electron chi connectivity index (χ0n) is 10.7. The Morgan fingerprint density at radius 2 is 1.89 bits per heavy atom. The molecule has 19 heavy (non-hydrogen) atoms. The van der Waals surface area contributed by atoms with Gasteiger partial charge in [-0.2, -0.15) is 0 Å². The molecule has 0 spiro atoms. The average molecular weight is 275 g/mol. The van der Waals surface area contributed by atoms with Crippen LogP contribution in [0.5, 0.6) is 0 Å². The Morgan fingerprint density at radius 3 is 2.47 bits per heavy atom. The van der Waals surface area contributed by atoms with Crippen LogP contribution in [0.3, 0.4) is 0 Å². The number of pyridine rings is 1. The van der Waals surface area contributed by atoms with Crippen molar-refractivity contribution in [1.29, 1.82) is 0 Å². The fourth-order valence-corrected chi connectivity index (χ4v) is 2.18. The number of benzene rings is 1. The first-order valence-corrected chi connectivity index (χ1v) is 6.19. The lowest BCUT2D eigenvalue weighted by atomic mass is 10.1. The van der Waals surface area contributed by atoms with Gasteiger partial charge in [-0.05, 0) is 44.2 Å². The molecule has 1 aromatic heterocycles. The minimum Gasteiger partial charge on any atom is -0.389 e. The Hall–Kier alpha value is -2.01. The summed E-state index contributed by atoms with van der Waals surface area (Å²) in [5.74, 6) is -0.276. The molecule has 0 aliphatic heterocycles. The van der Waals surface area contributed by atoms with Gasteiger partial charge in [-0.3, -0.25) is 4.98 Å². The minimum absolute atomic E-state index is 0.276. The van der Waals surface area contributed by atoms with Crippen molar-refractivity contribution < 1.29 is 4.39 Å². The van der Waals surface area contributed by atoms with Crippen LogP contribution in [0.15, 0.2) is 30.3 Å². The Balaban J connectivity index is 2.44. The highest BCUT2D eigenvalue weighted by Gasteiger charge is 2.11. The number of nitrogens with one attached hydrogen (secondary N) is 1. The summed E-state index contributed by atoms with van der Waals surface area (Å²) >= 11 is 5.06. The number of aromatic nitrogens is 1. The van der Waals surface area contributed by atoms with Crippen LogP contribution in [0.4, 0.5) is 15.8 Å². The summed E-state index contributed by atoms with van der Waals surface area (Å²) in [6.07, 6.45) is 0. The van der Waals surface area contributed by atoms with Crippen molar-refractivity contribution in [2.24, 2.45) is 5.73 Å². The average Bonchev–Trinajstić information content (AvgIpc) is 2.30. The number of nitrogens with zero attached hydrogens (tertiary/aromatic N) is 1. The number of halogens is 1. The normalized spacial score (nSPS) is 10.3. The van der Waals surface area contributed by atoms with Gasteiger partial charge in [0.15, 0.2) is 0 Å². The lowest BCUT2D eigenvalue weighted by Gasteiger charge is -2.14. The first-order valence-electron chi connectivity index (χ1n) is 5.78. The molecule has 3 nitrogen and oxygen atoms in total. The number of hydrogen-bond donors (Lipinski definition) is 2. The molecule has 0 aliphatic rings. The molecule has 3 N–H and O–H groups in total. The molecule has 2 aromatic rings. The number of anilines is 2. The lowest BCUT2D eigenvalue weighted by Crippen LogP contribution is -2.15. The Morgan fingerprint density at radius 1 is 1.26 bits per heavy atom. The van der Waals surface area contributed by atoms with E-state index in [1.165, 1.54) is 12.1 Å². The van der Waals surface area contributed by atoms with Crippen molar-refractivity contribution in [1.82, 2.24) is 4.98 Å². The highest BCUT2D eigenvalue weighted by Crippen LogP contribution is 2.24. The van der Waals surface area contributed by atoms with Crippen LogP contribution in [0.2, 0.25) is 0 Å². The van der Waals surface area contributed by atoms with E-state index in [2.05, 4.69) is 10.3 Å². The summed E-state index contributed by atoms with van der Waals surface area (Å²) in [5.41, 5.74) is 9.63. The van der Waals surface area contributed by atoms with E-state index in [1.54, 1.807) is 12.1 Å². The van der Waals surface area contributed by atoms with E-state index >= 15 is 0 Å². The molecule has 0 atom stereocenters. The second-order valence-electron chi connectivity index (χ2n) is 4.27. The molecule has 0 fully saturated rings. The summed E-state index contributed by atoms with van der Waals surface area (Å²) in [4.78, 5) is 4.63. The molecule has 1 aromatic carbocycles. The monoisotopic (exact) mass is 275 g/mol. The first-order chi connectivity index (χ1) is 8.97. The van der Waals surface area contributed by atoms with E-state index in [9.17, 15) is 4.39 Å². The number of nitrogens with two attached hydrogens (primary N) is 1. The molecule has 98 valence electrons. The zero-order valence-corrected chi connectivity index (χ0v) is 11.5. The van der Waals surface area contributed by atoms with Gasteiger partial charge >= 0.3 is 0 Å². The summed E-state index contributed by atoms with van der Waals surface area (Å²) in [5, 5.41) is 3.19. The van der Waals surface area contributed by atoms with Gasteiger partial charge in [0.2, 0.25) is 0 Å². The fraction of sp³-hybridized carbons (Fsp3) is 0.143. The van der Waals surface area contributed by atoms with Gasteiger partial charge < -0.3 is 11.1 Å². The summed E-state index contributed by atoms with van der Waals surface area (Å²) in [7, 11) is 0. The van der Waals surface area contributed by atoms with Crippen LogP contribution >= 0.6 is 12.2 Å². The molecule has 5 heteroatoms. The van der Waals surface area contributed by atoms with E-state index in [1.807, 2.05) is 19.9 Å². The number of rotatable bonds is 3. The maximum absolute atomic E-state index is 12.9. The molecule has 1 heterocycles. The number of hydrogen-bond acceptors (Lipinski definition) is 3. The maximum Gasteiger partial charge on any atom is 0.123 e. The van der Waals surface area contributed by atoms with Crippen LogP contribution < -0.4 is 11.1 Å². The predicted molar refractivity (Wildman–Crippen MR) is 79.3 cm³/mol. The van der Waals surface area contributed by atoms with Gasteiger partial charge in [0.1, 0.15) is 10.8 Å². The molecule has 0 saturated heterocycles. The van der Waals surface area contributed by atoms with Crippen molar-refractivity contribution in [3.05, 3.63) is 53.1 Å². The van der Waals surface area contributed by atoms with Crippen LogP contribution in [0.1, 0.15) is 17.0 Å². The van der Waals surface area contributed by atoms with Crippen LogP contribution in [-0.2, 0) is 0 Å². The second kappa shape index (κ2) is 5.32. The number of aryl methyl sites for hydroxylation is 2. The van der Waals surface area contributed by atoms with Gasteiger partial charge in [0.25, 0.3) is 0 Å². The second-order valence-corrected chi connectivity index (χ2v) is 4.71. The van der Waals surface area contributed by atoms with Crippen molar-refractivity contribution >= 4 is 28.6 Å². The van der Waals surface area contributed by atoms with Crippen LogP contribution in [0, 0.1) is 19.7 Å². The van der Waals surface area contributed by atoms with E-state index < -0.39 is 0 Å². The molecule has 0 amide bonds. The van der Waals surface area contributed by atoms with Crippen molar-refractivity contribution in [2.45, 2.75) is 13.8 Å². The van der Waals surface area contributed by atoms with E-state index in [-0.39, 0.29) is 10.8 Å². The van der Waals surface area contributed by atoms with E-state index in [0.717, 1.165) is 22.8 Å². The molecule has 0 radical (unpaired) electrons. The van der Waals surface area contributed by atoms with Crippen molar-refractivity contribution in [2.75, 3.05) is 5.32 Å². The third-order valence-corrected chi connectivity index (χ3v) is 2.90. The number of thiocarbonyl (C=S) groups is 1. The zero-order chi connectivity index (χ0) is 14.0. The van der Waals surface area contributed by atoms with Crippen molar-refractivity contribution in [3.8, 4) is 0 Å². The first kappa shape index (κ1) is 13.4. The van der Waals surface area contributed by atoms with Crippen LogP contribution in [-0.4, -0.2) is 9.97 Å². The molecular formula is C14H14FN3S. The molecule has 0 saturated carbocycles. The van der Waals surface area contributed by atoms with Gasteiger partial charge in [0.05, 0.1) is 11.3 Å². The minimum atomic E-state index is -0.276. The SMILES string of the molecule is Cc1cc(Nc2ccc(F)cc2)c(C(N)=S)c(C)n1. The highest BCUT2D eigenvalue weighted by atomic mass is 32.1. The Kier molecular flexibility index (Phi) is 3.76. The fourth-order valence-electron chi connectivity index (χ4n) is 1.93. The van der Waals surface area contributed by atoms with Gasteiger partial charge in [-0.1, -0.05) is 12.2 Å². The standard InChI is InChI=1S/C14H14FN3S/c1-8-7-12(13(14(16)19)9(2)17-8)18-11-5-3-10(15)4-6-11/h3-7H,1-2H3,(H2,16,19)(H,17,18). The molecule has 0 unspecified atom stereocenters. The van der Waals surface area contributed by atoms with Gasteiger partial charge in [-0.15, -0.1) is 0 Å². The Bertz CT molecular complexity index is 623. The summed E-state index contributed by atoms with van der Waals surface area (Å²) < 4.78 is 12.9. The topological polar surface area (TPSA) is 50.9 Å². The molecule has 0 bridgehead atoms.